The average Bonchev–Trinajstić information content (AvgIpc) is 3.06. The molecule has 2 aromatic rings. The predicted octanol–water partition coefficient (Wildman–Crippen LogP) is 7.69. The highest BCUT2D eigenvalue weighted by Gasteiger charge is 2.05. The third-order valence-electron chi connectivity index (χ3n) is 3.15. The van der Waals surface area contributed by atoms with Crippen LogP contribution in [0.3, 0.4) is 0 Å². The maximum atomic E-state index is 3.52. The summed E-state index contributed by atoms with van der Waals surface area (Å²) < 4.78 is 1.19. The Morgan fingerprint density at radius 1 is 0.950 bits per heavy atom. The summed E-state index contributed by atoms with van der Waals surface area (Å²) in [6.45, 7) is 2.27. The van der Waals surface area contributed by atoms with Crippen LogP contribution in [0.4, 0.5) is 0 Å². The highest BCUT2D eigenvalue weighted by atomic mass is 79.9. The molecule has 2 aromatic heterocycles. The molecule has 0 spiro atoms. The van der Waals surface area contributed by atoms with Crippen LogP contribution in [0.25, 0.3) is 9.75 Å². The first-order chi connectivity index (χ1) is 9.79. The molecule has 0 saturated heterocycles. The second-order valence-corrected chi connectivity index (χ2v) is 8.80. The van der Waals surface area contributed by atoms with Gasteiger partial charge >= 0.3 is 0 Å². The summed E-state index contributed by atoms with van der Waals surface area (Å²) in [4.78, 5) is 4.20. The van der Waals surface area contributed by atoms with Crippen molar-refractivity contribution in [1.82, 2.24) is 0 Å². The Bertz CT molecular complexity index is 501. The maximum Gasteiger partial charge on any atom is 0.0454 e. The zero-order valence-electron chi connectivity index (χ0n) is 11.9. The molecule has 0 aliphatic carbocycles. The molecule has 0 atom stereocenters. The quantitative estimate of drug-likeness (QED) is 0.313. The van der Waals surface area contributed by atoms with Gasteiger partial charge in [0.15, 0.2) is 0 Å². The van der Waals surface area contributed by atoms with E-state index in [1.165, 1.54) is 63.4 Å². The van der Waals surface area contributed by atoms with E-state index in [1.807, 2.05) is 34.4 Å². The highest BCUT2D eigenvalue weighted by Crippen LogP contribution is 2.37. The van der Waals surface area contributed by atoms with E-state index in [0.717, 1.165) is 0 Å². The molecule has 0 aliphatic rings. The van der Waals surface area contributed by atoms with Crippen LogP contribution in [-0.4, -0.2) is 5.75 Å². The monoisotopic (exact) mass is 388 g/mol. The Morgan fingerprint density at radius 2 is 1.65 bits per heavy atom. The molecular weight excluding hydrogens is 368 g/mol. The average molecular weight is 389 g/mol. The number of hydrogen-bond donors (Lipinski definition) is 0. The largest absolute Gasteiger partial charge is 0.142 e. The Hall–Kier alpha value is 0.230. The molecule has 0 nitrogen and oxygen atoms in total. The smallest absolute Gasteiger partial charge is 0.0454 e. The van der Waals surface area contributed by atoms with Crippen LogP contribution in [-0.2, 0) is 0 Å². The molecule has 0 radical (unpaired) electrons. The van der Waals surface area contributed by atoms with E-state index in [4.69, 9.17) is 0 Å². The third kappa shape index (κ3) is 5.55. The standard InChI is InChI=1S/C16H21BrS3/c1-2-3-4-5-6-7-8-18-14-10-16(20-12-14)15-9-13(17)11-19-15/h9-12H,2-8H2,1H3. The highest BCUT2D eigenvalue weighted by molar-refractivity contribution is 9.10. The fraction of sp³-hybridized carbons (Fsp3) is 0.500. The van der Waals surface area contributed by atoms with E-state index in [9.17, 15) is 0 Å². The SMILES string of the molecule is CCCCCCCCSc1csc(-c2cc(Br)cs2)c1. The van der Waals surface area contributed by atoms with E-state index in [2.05, 4.69) is 45.7 Å². The lowest BCUT2D eigenvalue weighted by molar-refractivity contribution is 0.627. The van der Waals surface area contributed by atoms with Crippen LogP contribution >= 0.6 is 50.4 Å². The summed E-state index contributed by atoms with van der Waals surface area (Å²) >= 11 is 9.20. The Kier molecular flexibility index (Phi) is 7.71. The summed E-state index contributed by atoms with van der Waals surface area (Å²) in [5.41, 5.74) is 0. The van der Waals surface area contributed by atoms with Crippen molar-refractivity contribution in [2.45, 2.75) is 50.3 Å². The van der Waals surface area contributed by atoms with Crippen molar-refractivity contribution in [3.63, 3.8) is 0 Å². The maximum absolute atomic E-state index is 3.52. The van der Waals surface area contributed by atoms with Crippen LogP contribution < -0.4 is 0 Å². The van der Waals surface area contributed by atoms with Gasteiger partial charge in [-0.25, -0.2) is 0 Å². The first kappa shape index (κ1) is 16.6. The summed E-state index contributed by atoms with van der Waals surface area (Å²) in [5, 5.41) is 4.45. The molecule has 0 amide bonds. The van der Waals surface area contributed by atoms with Crippen molar-refractivity contribution in [2.75, 3.05) is 5.75 Å². The molecule has 2 rings (SSSR count). The number of thiophene rings is 2. The van der Waals surface area contributed by atoms with Crippen LogP contribution in [0.1, 0.15) is 45.4 Å². The van der Waals surface area contributed by atoms with Crippen molar-refractivity contribution in [2.24, 2.45) is 0 Å². The molecule has 2 heterocycles. The molecule has 0 saturated carbocycles. The van der Waals surface area contributed by atoms with Crippen LogP contribution in [0.2, 0.25) is 0 Å². The van der Waals surface area contributed by atoms with Crippen molar-refractivity contribution >= 4 is 50.4 Å². The topological polar surface area (TPSA) is 0 Å². The van der Waals surface area contributed by atoms with Gasteiger partial charge < -0.3 is 0 Å². The lowest BCUT2D eigenvalue weighted by Gasteiger charge is -2.00. The fourth-order valence-corrected chi connectivity index (χ4v) is 5.62. The van der Waals surface area contributed by atoms with Gasteiger partial charge in [0.05, 0.1) is 0 Å². The molecule has 110 valence electrons. The molecule has 0 aliphatic heterocycles. The van der Waals surface area contributed by atoms with Crippen LogP contribution in [0, 0.1) is 0 Å². The number of rotatable bonds is 9. The normalized spacial score (nSPS) is 11.1. The van der Waals surface area contributed by atoms with Gasteiger partial charge in [0.25, 0.3) is 0 Å². The van der Waals surface area contributed by atoms with Crippen LogP contribution in [0.15, 0.2) is 32.3 Å². The van der Waals surface area contributed by atoms with Gasteiger partial charge in [-0.2, -0.15) is 0 Å². The Morgan fingerprint density at radius 3 is 2.40 bits per heavy atom. The van der Waals surface area contributed by atoms with Crippen molar-refractivity contribution in [3.05, 3.63) is 27.4 Å². The number of unbranched alkanes of at least 4 members (excludes halogenated alkanes) is 5. The summed E-state index contributed by atoms with van der Waals surface area (Å²) in [5.74, 6) is 1.26. The van der Waals surface area contributed by atoms with E-state index in [-0.39, 0.29) is 0 Å². The lowest BCUT2D eigenvalue weighted by atomic mass is 10.1. The van der Waals surface area contributed by atoms with Gasteiger partial charge in [-0.05, 0) is 40.2 Å². The second-order valence-electron chi connectivity index (χ2n) is 4.89. The van der Waals surface area contributed by atoms with Gasteiger partial charge in [-0.15, -0.1) is 34.4 Å². The van der Waals surface area contributed by atoms with Gasteiger partial charge in [0.1, 0.15) is 0 Å². The summed E-state index contributed by atoms with van der Waals surface area (Å²) in [7, 11) is 0. The molecular formula is C16H21BrS3. The van der Waals surface area contributed by atoms with E-state index in [1.54, 1.807) is 0 Å². The van der Waals surface area contributed by atoms with Gasteiger partial charge in [-0.1, -0.05) is 39.0 Å². The van der Waals surface area contributed by atoms with Gasteiger partial charge in [0, 0.05) is 29.9 Å². The Balaban J connectivity index is 1.68. The molecule has 20 heavy (non-hydrogen) atoms. The van der Waals surface area contributed by atoms with E-state index in [0.29, 0.717) is 0 Å². The number of halogens is 1. The Labute approximate surface area is 143 Å². The van der Waals surface area contributed by atoms with Gasteiger partial charge in [-0.3, -0.25) is 0 Å². The van der Waals surface area contributed by atoms with Crippen molar-refractivity contribution in [3.8, 4) is 9.75 Å². The predicted molar refractivity (Wildman–Crippen MR) is 99.4 cm³/mol. The first-order valence-corrected chi connectivity index (χ1v) is 10.8. The fourth-order valence-electron chi connectivity index (χ4n) is 2.04. The zero-order chi connectivity index (χ0) is 14.2. The summed E-state index contributed by atoms with van der Waals surface area (Å²) in [6, 6.07) is 4.55. The van der Waals surface area contributed by atoms with E-state index < -0.39 is 0 Å². The van der Waals surface area contributed by atoms with Crippen molar-refractivity contribution < 1.29 is 0 Å². The molecule has 0 N–H and O–H groups in total. The van der Waals surface area contributed by atoms with E-state index >= 15 is 0 Å². The molecule has 0 fully saturated rings. The summed E-state index contributed by atoms with van der Waals surface area (Å²) in [6.07, 6.45) is 8.30. The first-order valence-electron chi connectivity index (χ1n) is 7.25. The minimum atomic E-state index is 1.19. The molecule has 0 unspecified atom stereocenters. The molecule has 0 aromatic carbocycles. The van der Waals surface area contributed by atoms with Crippen molar-refractivity contribution in [1.29, 1.82) is 0 Å². The second kappa shape index (κ2) is 9.29. The van der Waals surface area contributed by atoms with Crippen LogP contribution in [0.5, 0.6) is 0 Å². The minimum absolute atomic E-state index is 1.19. The number of hydrogen-bond acceptors (Lipinski definition) is 3. The van der Waals surface area contributed by atoms with Gasteiger partial charge in [0.2, 0.25) is 0 Å². The lowest BCUT2D eigenvalue weighted by Crippen LogP contribution is -1.81. The molecule has 0 bridgehead atoms. The third-order valence-corrected chi connectivity index (χ3v) is 7.18. The minimum Gasteiger partial charge on any atom is -0.142 e. The number of thioether (sulfide) groups is 1. The zero-order valence-corrected chi connectivity index (χ0v) is 15.9. The molecule has 4 heteroatoms.